The molecule has 0 unspecified atom stereocenters. The standard InChI is InChI=1S/C31H32N4O4/c32-31-27-17-16-26(35(27)34-22-33-31)29(38-19-24-12-6-2-7-13-24)30(39-20-25-14-8-3-9-15-25)28(36)21-37-18-23-10-4-1-5-11-23/h1-17,22,28-30,36H,18-21H2,(H2,32,33,34)/t28-,29+,30-/m1/s1. The summed E-state index contributed by atoms with van der Waals surface area (Å²) in [6.07, 6.45) is -1.07. The first-order valence-electron chi connectivity index (χ1n) is 12.9. The van der Waals surface area contributed by atoms with Crippen LogP contribution in [0.3, 0.4) is 0 Å². The van der Waals surface area contributed by atoms with E-state index in [2.05, 4.69) is 10.1 Å². The van der Waals surface area contributed by atoms with Crippen molar-refractivity contribution < 1.29 is 19.3 Å². The lowest BCUT2D eigenvalue weighted by Gasteiger charge is -2.31. The number of aliphatic hydroxyl groups excluding tert-OH is 1. The Hall–Kier alpha value is -4.08. The Morgan fingerprint density at radius 2 is 1.28 bits per heavy atom. The number of aromatic nitrogens is 3. The third-order valence-electron chi connectivity index (χ3n) is 6.44. The van der Waals surface area contributed by atoms with Crippen LogP contribution in [0.15, 0.2) is 109 Å². The van der Waals surface area contributed by atoms with Crippen LogP contribution >= 0.6 is 0 Å². The van der Waals surface area contributed by atoms with E-state index in [4.69, 9.17) is 19.9 Å². The van der Waals surface area contributed by atoms with Crippen molar-refractivity contribution in [1.82, 2.24) is 14.6 Å². The minimum absolute atomic E-state index is 0.0555. The molecule has 3 N–H and O–H groups in total. The van der Waals surface area contributed by atoms with Gasteiger partial charge in [0.15, 0.2) is 5.82 Å². The van der Waals surface area contributed by atoms with Gasteiger partial charge in [-0.25, -0.2) is 9.50 Å². The summed E-state index contributed by atoms with van der Waals surface area (Å²) in [4.78, 5) is 4.10. The zero-order chi connectivity index (χ0) is 26.9. The molecular formula is C31H32N4O4. The van der Waals surface area contributed by atoms with Crippen molar-refractivity contribution in [2.45, 2.75) is 38.1 Å². The molecule has 5 rings (SSSR count). The number of benzene rings is 3. The molecule has 0 aliphatic rings. The predicted molar refractivity (Wildman–Crippen MR) is 148 cm³/mol. The fraction of sp³-hybridized carbons (Fsp3) is 0.226. The molecular weight excluding hydrogens is 492 g/mol. The second-order valence-electron chi connectivity index (χ2n) is 9.25. The average molecular weight is 525 g/mol. The summed E-state index contributed by atoms with van der Waals surface area (Å²) in [7, 11) is 0. The van der Waals surface area contributed by atoms with Crippen LogP contribution in [0.2, 0.25) is 0 Å². The van der Waals surface area contributed by atoms with Gasteiger partial charge in [-0.15, -0.1) is 0 Å². The van der Waals surface area contributed by atoms with Gasteiger partial charge in [-0.1, -0.05) is 91.0 Å². The third-order valence-corrected chi connectivity index (χ3v) is 6.44. The van der Waals surface area contributed by atoms with Gasteiger partial charge in [0.05, 0.1) is 32.1 Å². The first kappa shape index (κ1) is 26.5. The van der Waals surface area contributed by atoms with Crippen molar-refractivity contribution in [3.63, 3.8) is 0 Å². The number of hydrogen-bond donors (Lipinski definition) is 2. The molecule has 2 heterocycles. The van der Waals surface area contributed by atoms with Crippen molar-refractivity contribution in [3.05, 3.63) is 132 Å². The first-order chi connectivity index (χ1) is 19.2. The Balaban J connectivity index is 1.44. The van der Waals surface area contributed by atoms with Crippen LogP contribution < -0.4 is 5.73 Å². The summed E-state index contributed by atoms with van der Waals surface area (Å²) in [6, 6.07) is 33.3. The van der Waals surface area contributed by atoms with E-state index in [1.807, 2.05) is 103 Å². The number of fused-ring (bicyclic) bond motifs is 1. The van der Waals surface area contributed by atoms with Gasteiger partial charge in [-0.05, 0) is 28.8 Å². The van der Waals surface area contributed by atoms with Gasteiger partial charge in [-0.3, -0.25) is 0 Å². The van der Waals surface area contributed by atoms with Gasteiger partial charge in [0.25, 0.3) is 0 Å². The molecule has 0 amide bonds. The lowest BCUT2D eigenvalue weighted by Crippen LogP contribution is -2.39. The molecule has 5 aromatic rings. The molecule has 0 saturated carbocycles. The monoisotopic (exact) mass is 524 g/mol. The molecule has 0 fully saturated rings. The Kier molecular flexibility index (Phi) is 8.93. The third kappa shape index (κ3) is 6.87. The molecule has 2 aromatic heterocycles. The average Bonchev–Trinajstić information content (AvgIpc) is 3.41. The summed E-state index contributed by atoms with van der Waals surface area (Å²) < 4.78 is 20.5. The smallest absolute Gasteiger partial charge is 0.151 e. The molecule has 8 heteroatoms. The van der Waals surface area contributed by atoms with Crippen LogP contribution in [0.25, 0.3) is 5.52 Å². The number of nitrogen functional groups attached to an aromatic ring is 1. The largest absolute Gasteiger partial charge is 0.388 e. The molecule has 0 bridgehead atoms. The van der Waals surface area contributed by atoms with E-state index in [1.165, 1.54) is 6.33 Å². The number of nitrogens with two attached hydrogens (primary N) is 1. The van der Waals surface area contributed by atoms with Crippen molar-refractivity contribution in [2.75, 3.05) is 12.3 Å². The number of ether oxygens (including phenoxy) is 3. The summed E-state index contributed by atoms with van der Waals surface area (Å²) in [5.74, 6) is 0.353. The zero-order valence-corrected chi connectivity index (χ0v) is 21.5. The second-order valence-corrected chi connectivity index (χ2v) is 9.25. The van der Waals surface area contributed by atoms with Gasteiger partial charge in [0.2, 0.25) is 0 Å². The maximum Gasteiger partial charge on any atom is 0.151 e. The van der Waals surface area contributed by atoms with Gasteiger partial charge in [0.1, 0.15) is 30.2 Å². The van der Waals surface area contributed by atoms with Crippen LogP contribution in [0.1, 0.15) is 28.5 Å². The highest BCUT2D eigenvalue weighted by molar-refractivity contribution is 5.65. The SMILES string of the molecule is Nc1ncnn2c([C@H](OCc3ccccc3)[C@H](OCc3ccccc3)[C@H](O)COCc3ccccc3)ccc12. The summed E-state index contributed by atoms with van der Waals surface area (Å²) >= 11 is 0. The van der Waals surface area contributed by atoms with Crippen LogP contribution in [-0.4, -0.2) is 38.5 Å². The summed E-state index contributed by atoms with van der Waals surface area (Å²) in [5.41, 5.74) is 10.4. The molecule has 3 aromatic carbocycles. The van der Waals surface area contributed by atoms with Crippen LogP contribution in [0.4, 0.5) is 5.82 Å². The Morgan fingerprint density at radius 1 is 0.718 bits per heavy atom. The van der Waals surface area contributed by atoms with E-state index < -0.39 is 18.3 Å². The van der Waals surface area contributed by atoms with Crippen LogP contribution in [-0.2, 0) is 34.0 Å². The number of anilines is 1. The molecule has 0 spiro atoms. The Bertz CT molecular complexity index is 1430. The normalized spacial score (nSPS) is 13.8. The molecule has 0 radical (unpaired) electrons. The number of rotatable bonds is 13. The minimum Gasteiger partial charge on any atom is -0.388 e. The van der Waals surface area contributed by atoms with E-state index in [9.17, 15) is 5.11 Å². The van der Waals surface area contributed by atoms with E-state index in [0.29, 0.717) is 30.2 Å². The van der Waals surface area contributed by atoms with E-state index in [1.54, 1.807) is 4.52 Å². The van der Waals surface area contributed by atoms with Crippen LogP contribution in [0.5, 0.6) is 0 Å². The van der Waals surface area contributed by atoms with Gasteiger partial charge in [0, 0.05) is 0 Å². The quantitative estimate of drug-likeness (QED) is 0.229. The highest BCUT2D eigenvalue weighted by atomic mass is 16.6. The van der Waals surface area contributed by atoms with E-state index >= 15 is 0 Å². The Morgan fingerprint density at radius 3 is 1.90 bits per heavy atom. The zero-order valence-electron chi connectivity index (χ0n) is 21.5. The van der Waals surface area contributed by atoms with Crippen molar-refractivity contribution in [2.24, 2.45) is 0 Å². The first-order valence-corrected chi connectivity index (χ1v) is 12.9. The lowest BCUT2D eigenvalue weighted by molar-refractivity contribution is -0.151. The number of aliphatic hydroxyl groups is 1. The van der Waals surface area contributed by atoms with Crippen LogP contribution in [0, 0.1) is 0 Å². The number of hydrogen-bond acceptors (Lipinski definition) is 7. The highest BCUT2D eigenvalue weighted by Gasteiger charge is 2.34. The predicted octanol–water partition coefficient (Wildman–Crippen LogP) is 4.73. The van der Waals surface area contributed by atoms with Crippen molar-refractivity contribution >= 4 is 11.3 Å². The van der Waals surface area contributed by atoms with Crippen molar-refractivity contribution in [1.29, 1.82) is 0 Å². The van der Waals surface area contributed by atoms with E-state index in [0.717, 1.165) is 16.7 Å². The fourth-order valence-electron chi connectivity index (χ4n) is 4.43. The molecule has 0 aliphatic heterocycles. The topological polar surface area (TPSA) is 104 Å². The highest BCUT2D eigenvalue weighted by Crippen LogP contribution is 2.30. The van der Waals surface area contributed by atoms with Gasteiger partial charge in [-0.2, -0.15) is 5.10 Å². The minimum atomic E-state index is -0.997. The Labute approximate surface area is 227 Å². The molecule has 3 atom stereocenters. The maximum absolute atomic E-state index is 11.5. The maximum atomic E-state index is 11.5. The molecule has 0 saturated heterocycles. The number of nitrogens with zero attached hydrogens (tertiary/aromatic N) is 3. The molecule has 8 nitrogen and oxygen atoms in total. The molecule has 200 valence electrons. The van der Waals surface area contributed by atoms with Gasteiger partial charge < -0.3 is 25.1 Å². The van der Waals surface area contributed by atoms with Crippen molar-refractivity contribution in [3.8, 4) is 0 Å². The molecule has 39 heavy (non-hydrogen) atoms. The summed E-state index contributed by atoms with van der Waals surface area (Å²) in [6.45, 7) is 1.02. The lowest BCUT2D eigenvalue weighted by atomic mass is 10.0. The van der Waals surface area contributed by atoms with Gasteiger partial charge >= 0.3 is 0 Å². The summed E-state index contributed by atoms with van der Waals surface area (Å²) in [5, 5.41) is 15.9. The molecule has 0 aliphatic carbocycles. The van der Waals surface area contributed by atoms with E-state index in [-0.39, 0.29) is 13.2 Å². The second kappa shape index (κ2) is 13.1. The fourth-order valence-corrected chi connectivity index (χ4v) is 4.43.